The molecule has 1 heterocycles. The molecular weight excluding hydrogens is 326 g/mol. The summed E-state index contributed by atoms with van der Waals surface area (Å²) >= 11 is 4.53. The lowest BCUT2D eigenvalue weighted by molar-refractivity contribution is 0.0943. The first kappa shape index (κ1) is 14.1. The Morgan fingerprint density at radius 2 is 2.11 bits per heavy atom. The summed E-state index contributed by atoms with van der Waals surface area (Å²) in [6.45, 7) is 3.92. The van der Waals surface area contributed by atoms with Crippen molar-refractivity contribution in [3.63, 3.8) is 0 Å². The number of hydrogen-bond acceptors (Lipinski definition) is 4. The van der Waals surface area contributed by atoms with Gasteiger partial charge in [0.25, 0.3) is 5.91 Å². The van der Waals surface area contributed by atoms with Gasteiger partial charge >= 0.3 is 0 Å². The van der Waals surface area contributed by atoms with Crippen LogP contribution in [0.5, 0.6) is 0 Å². The molecule has 4 nitrogen and oxygen atoms in total. The molecule has 0 spiro atoms. The van der Waals surface area contributed by atoms with Crippen LogP contribution in [0.3, 0.4) is 0 Å². The van der Waals surface area contributed by atoms with E-state index in [1.807, 2.05) is 38.1 Å². The maximum atomic E-state index is 12.1. The highest BCUT2D eigenvalue weighted by molar-refractivity contribution is 9.10. The van der Waals surface area contributed by atoms with Crippen LogP contribution in [0.4, 0.5) is 0 Å². The lowest BCUT2D eigenvalue weighted by Crippen LogP contribution is -2.26. The highest BCUT2D eigenvalue weighted by Gasteiger charge is 2.17. The number of carbonyl (C=O) groups is 1. The number of halogens is 1. The van der Waals surface area contributed by atoms with Gasteiger partial charge in [-0.3, -0.25) is 4.79 Å². The quantitative estimate of drug-likeness (QED) is 0.929. The van der Waals surface area contributed by atoms with E-state index in [9.17, 15) is 4.79 Å². The van der Waals surface area contributed by atoms with Gasteiger partial charge in [0.05, 0.1) is 11.7 Å². The van der Waals surface area contributed by atoms with Gasteiger partial charge in [-0.25, -0.2) is 0 Å². The van der Waals surface area contributed by atoms with E-state index < -0.39 is 0 Å². The van der Waals surface area contributed by atoms with Crippen molar-refractivity contribution in [2.45, 2.75) is 26.3 Å². The van der Waals surface area contributed by atoms with Crippen LogP contribution in [0.15, 0.2) is 28.7 Å². The molecule has 0 fully saturated rings. The number of benzene rings is 1. The highest BCUT2D eigenvalue weighted by Crippen LogP contribution is 2.18. The number of carbonyl (C=O) groups excluding carboxylic acids is 1. The van der Waals surface area contributed by atoms with Crippen molar-refractivity contribution in [1.82, 2.24) is 14.9 Å². The van der Waals surface area contributed by atoms with Crippen LogP contribution in [-0.2, 0) is 6.42 Å². The van der Waals surface area contributed by atoms with Crippen molar-refractivity contribution in [3.8, 4) is 0 Å². The molecule has 0 aliphatic rings. The predicted octanol–water partition coefficient (Wildman–Crippen LogP) is 3.35. The number of amides is 1. The first-order valence-electron chi connectivity index (χ1n) is 5.99. The van der Waals surface area contributed by atoms with Crippen molar-refractivity contribution in [1.29, 1.82) is 0 Å². The summed E-state index contributed by atoms with van der Waals surface area (Å²) in [5.74, 6) is -0.109. The van der Waals surface area contributed by atoms with Crippen molar-refractivity contribution in [2.24, 2.45) is 0 Å². The van der Waals surface area contributed by atoms with E-state index in [0.29, 0.717) is 11.3 Å². The molecule has 2 rings (SSSR count). The minimum absolute atomic E-state index is 0.0487. The van der Waals surface area contributed by atoms with E-state index >= 15 is 0 Å². The zero-order chi connectivity index (χ0) is 13.8. The first-order chi connectivity index (χ1) is 9.11. The summed E-state index contributed by atoms with van der Waals surface area (Å²) in [4.78, 5) is 12.7. The standard InChI is InChI=1S/C13H14BrN3OS/c1-3-11-12(19-17-16-11)13(18)15-8(2)9-4-6-10(14)7-5-9/h4-8H,3H2,1-2H3,(H,15,18)/t8-/m1/s1. The molecule has 19 heavy (non-hydrogen) atoms. The molecule has 1 atom stereocenters. The van der Waals surface area contributed by atoms with Crippen LogP contribution in [0.1, 0.15) is 40.8 Å². The van der Waals surface area contributed by atoms with Crippen LogP contribution in [0.25, 0.3) is 0 Å². The van der Waals surface area contributed by atoms with E-state index in [-0.39, 0.29) is 11.9 Å². The van der Waals surface area contributed by atoms with Crippen LogP contribution in [0.2, 0.25) is 0 Å². The molecule has 1 aromatic carbocycles. The predicted molar refractivity (Wildman–Crippen MR) is 79.3 cm³/mol. The van der Waals surface area contributed by atoms with E-state index in [0.717, 1.165) is 27.3 Å². The average molecular weight is 340 g/mol. The van der Waals surface area contributed by atoms with Gasteiger partial charge in [-0.2, -0.15) is 0 Å². The third-order valence-corrected chi connectivity index (χ3v) is 4.11. The second kappa shape index (κ2) is 6.25. The van der Waals surface area contributed by atoms with Gasteiger partial charge in [-0.15, -0.1) is 5.10 Å². The van der Waals surface area contributed by atoms with Gasteiger partial charge in [0.1, 0.15) is 4.88 Å². The molecule has 0 bridgehead atoms. The topological polar surface area (TPSA) is 54.9 Å². The van der Waals surface area contributed by atoms with Crippen molar-refractivity contribution in [3.05, 3.63) is 44.9 Å². The molecule has 0 saturated heterocycles. The van der Waals surface area contributed by atoms with Gasteiger partial charge in [0.2, 0.25) is 0 Å². The Labute approximate surface area is 124 Å². The smallest absolute Gasteiger partial charge is 0.265 e. The monoisotopic (exact) mass is 339 g/mol. The molecule has 0 unspecified atom stereocenters. The summed E-state index contributed by atoms with van der Waals surface area (Å²) in [7, 11) is 0. The van der Waals surface area contributed by atoms with Crippen molar-refractivity contribution in [2.75, 3.05) is 0 Å². The van der Waals surface area contributed by atoms with Gasteiger partial charge in [-0.1, -0.05) is 39.5 Å². The third-order valence-electron chi connectivity index (χ3n) is 2.81. The zero-order valence-electron chi connectivity index (χ0n) is 10.7. The second-order valence-corrected chi connectivity index (χ2v) is 5.82. The molecule has 2 aromatic rings. The number of aryl methyl sites for hydroxylation is 1. The summed E-state index contributed by atoms with van der Waals surface area (Å²) < 4.78 is 4.85. The summed E-state index contributed by atoms with van der Waals surface area (Å²) in [5, 5.41) is 6.92. The van der Waals surface area contributed by atoms with Crippen LogP contribution in [0, 0.1) is 0 Å². The highest BCUT2D eigenvalue weighted by atomic mass is 79.9. The molecule has 0 aliphatic heterocycles. The summed E-state index contributed by atoms with van der Waals surface area (Å²) in [5.41, 5.74) is 1.82. The zero-order valence-corrected chi connectivity index (χ0v) is 13.1. The average Bonchev–Trinajstić information content (AvgIpc) is 2.87. The molecule has 6 heteroatoms. The largest absolute Gasteiger partial charge is 0.345 e. The third kappa shape index (κ3) is 3.39. The van der Waals surface area contributed by atoms with E-state index in [4.69, 9.17) is 0 Å². The Kier molecular flexibility index (Phi) is 4.66. The summed E-state index contributed by atoms with van der Waals surface area (Å²) in [6.07, 6.45) is 0.714. The Morgan fingerprint density at radius 1 is 1.42 bits per heavy atom. The minimum Gasteiger partial charge on any atom is -0.345 e. The van der Waals surface area contributed by atoms with Crippen LogP contribution < -0.4 is 5.32 Å². The van der Waals surface area contributed by atoms with Gasteiger partial charge in [0, 0.05) is 4.47 Å². The number of aromatic nitrogens is 2. The SMILES string of the molecule is CCc1nnsc1C(=O)N[C@H](C)c1ccc(Br)cc1. The number of hydrogen-bond donors (Lipinski definition) is 1. The lowest BCUT2D eigenvalue weighted by atomic mass is 10.1. The Balaban J connectivity index is 2.08. The van der Waals surface area contributed by atoms with Gasteiger partial charge < -0.3 is 5.32 Å². The van der Waals surface area contributed by atoms with Crippen LogP contribution >= 0.6 is 27.5 Å². The van der Waals surface area contributed by atoms with Gasteiger partial charge in [0.15, 0.2) is 0 Å². The number of nitrogens with one attached hydrogen (secondary N) is 1. The lowest BCUT2D eigenvalue weighted by Gasteiger charge is -2.13. The molecular formula is C13H14BrN3OS. The van der Waals surface area contributed by atoms with Gasteiger partial charge in [-0.05, 0) is 42.6 Å². The molecule has 1 amide bonds. The molecule has 0 aliphatic carbocycles. The fourth-order valence-electron chi connectivity index (χ4n) is 1.71. The van der Waals surface area contributed by atoms with E-state index in [1.165, 1.54) is 0 Å². The fourth-order valence-corrected chi connectivity index (χ4v) is 2.63. The maximum Gasteiger partial charge on any atom is 0.265 e. The maximum absolute atomic E-state index is 12.1. The minimum atomic E-state index is -0.109. The Hall–Kier alpha value is -1.27. The normalized spacial score (nSPS) is 12.2. The number of rotatable bonds is 4. The second-order valence-electron chi connectivity index (χ2n) is 4.15. The van der Waals surface area contributed by atoms with Crippen LogP contribution in [-0.4, -0.2) is 15.5 Å². The Bertz CT molecular complexity index is 568. The molecule has 1 N–H and O–H groups in total. The molecule has 100 valence electrons. The number of nitrogens with zero attached hydrogens (tertiary/aromatic N) is 2. The molecule has 1 aromatic heterocycles. The van der Waals surface area contributed by atoms with E-state index in [1.54, 1.807) is 0 Å². The van der Waals surface area contributed by atoms with Crippen molar-refractivity contribution < 1.29 is 4.79 Å². The van der Waals surface area contributed by atoms with Crippen molar-refractivity contribution >= 4 is 33.4 Å². The Morgan fingerprint density at radius 3 is 2.74 bits per heavy atom. The van der Waals surface area contributed by atoms with E-state index in [2.05, 4.69) is 30.8 Å². The molecule has 0 radical (unpaired) electrons. The molecule has 0 saturated carbocycles. The summed E-state index contributed by atoms with van der Waals surface area (Å²) in [6, 6.07) is 7.85. The fraction of sp³-hybridized carbons (Fsp3) is 0.308. The first-order valence-corrected chi connectivity index (χ1v) is 7.56.